The molecule has 0 spiro atoms. The van der Waals surface area contributed by atoms with Crippen LogP contribution in [-0.4, -0.2) is 36.3 Å². The average Bonchev–Trinajstić information content (AvgIpc) is 2.48. The first kappa shape index (κ1) is 18.1. The predicted molar refractivity (Wildman–Crippen MR) is 99.2 cm³/mol. The van der Waals surface area contributed by atoms with Crippen LogP contribution in [-0.2, 0) is 16.6 Å². The van der Waals surface area contributed by atoms with Gasteiger partial charge < -0.3 is 14.4 Å². The largest absolute Gasteiger partial charge is 0.497 e. The molecule has 4 nitrogen and oxygen atoms in total. The van der Waals surface area contributed by atoms with Gasteiger partial charge in [-0.1, -0.05) is 26.8 Å². The van der Waals surface area contributed by atoms with Gasteiger partial charge in [0.2, 0.25) is 0 Å². The highest BCUT2D eigenvalue weighted by molar-refractivity contribution is 5.69. The summed E-state index contributed by atoms with van der Waals surface area (Å²) in [4.78, 5) is 14.8. The molecule has 0 N–H and O–H groups in total. The van der Waals surface area contributed by atoms with Crippen molar-refractivity contribution in [3.8, 4) is 5.75 Å². The van der Waals surface area contributed by atoms with Gasteiger partial charge in [0.15, 0.2) is 0 Å². The van der Waals surface area contributed by atoms with Gasteiger partial charge in [-0.15, -0.1) is 0 Å². The van der Waals surface area contributed by atoms with Gasteiger partial charge in [0.25, 0.3) is 0 Å². The highest BCUT2D eigenvalue weighted by Crippen LogP contribution is 2.56. The van der Waals surface area contributed by atoms with Crippen molar-refractivity contribution in [2.75, 3.05) is 13.7 Å². The lowest BCUT2D eigenvalue weighted by molar-refractivity contribution is -0.0521. The van der Waals surface area contributed by atoms with Gasteiger partial charge in [-0.05, 0) is 62.3 Å². The first-order valence-electron chi connectivity index (χ1n) is 9.16. The molecule has 2 aliphatic rings. The molecule has 138 valence electrons. The molecular formula is C21H31NO3. The number of benzene rings is 1. The molecule has 25 heavy (non-hydrogen) atoms. The van der Waals surface area contributed by atoms with Crippen molar-refractivity contribution in [3.05, 3.63) is 29.3 Å². The summed E-state index contributed by atoms with van der Waals surface area (Å²) in [6, 6.07) is 6.53. The summed E-state index contributed by atoms with van der Waals surface area (Å²) in [6.45, 7) is 13.4. The van der Waals surface area contributed by atoms with Crippen molar-refractivity contribution >= 4 is 6.09 Å². The fourth-order valence-electron chi connectivity index (χ4n) is 4.58. The molecule has 3 rings (SSSR count). The molecule has 2 atom stereocenters. The third kappa shape index (κ3) is 2.80. The molecule has 1 aromatic carbocycles. The Kier molecular flexibility index (Phi) is 4.09. The first-order valence-corrected chi connectivity index (χ1v) is 9.16. The standard InChI is InChI=1S/C21H31NO3/c1-19(2,3)25-18(23)22-11-10-21(6)16-9-8-15(24-7)12-14(16)13-17(22)20(21,4)5/h8-9,12,17H,10-11,13H2,1-7H3/t17-,21+/m0/s1. The number of methoxy groups -OCH3 is 1. The fourth-order valence-corrected chi connectivity index (χ4v) is 4.58. The molecule has 0 radical (unpaired) electrons. The lowest BCUT2D eigenvalue weighted by Gasteiger charge is -2.60. The molecule has 0 saturated carbocycles. The van der Waals surface area contributed by atoms with E-state index in [-0.39, 0.29) is 23.0 Å². The molecule has 1 fully saturated rings. The van der Waals surface area contributed by atoms with E-state index in [1.807, 2.05) is 25.7 Å². The van der Waals surface area contributed by atoms with Crippen LogP contribution in [0, 0.1) is 5.41 Å². The van der Waals surface area contributed by atoms with Crippen LogP contribution in [0.4, 0.5) is 4.79 Å². The molecule has 1 heterocycles. The highest BCUT2D eigenvalue weighted by Gasteiger charge is 2.57. The van der Waals surface area contributed by atoms with E-state index >= 15 is 0 Å². The van der Waals surface area contributed by atoms with Gasteiger partial charge >= 0.3 is 6.09 Å². The Morgan fingerprint density at radius 1 is 1.24 bits per heavy atom. The molecule has 1 aromatic rings. The van der Waals surface area contributed by atoms with Gasteiger partial charge in [0.05, 0.1) is 7.11 Å². The number of nitrogens with zero attached hydrogens (tertiary/aromatic N) is 1. The van der Waals surface area contributed by atoms with E-state index in [2.05, 4.69) is 39.0 Å². The summed E-state index contributed by atoms with van der Waals surface area (Å²) in [5.41, 5.74) is 2.23. The van der Waals surface area contributed by atoms with Crippen LogP contribution in [0.15, 0.2) is 18.2 Å². The number of likely N-dealkylation sites (tertiary alicyclic amines) is 1. The van der Waals surface area contributed by atoms with Crippen LogP contribution in [0.25, 0.3) is 0 Å². The Hall–Kier alpha value is -1.71. The van der Waals surface area contributed by atoms with E-state index in [1.165, 1.54) is 11.1 Å². The number of fused-ring (bicyclic) bond motifs is 4. The first-order chi connectivity index (χ1) is 11.5. The quantitative estimate of drug-likeness (QED) is 0.750. The number of amides is 1. The zero-order valence-corrected chi connectivity index (χ0v) is 16.6. The van der Waals surface area contributed by atoms with Crippen LogP contribution < -0.4 is 4.74 Å². The maximum absolute atomic E-state index is 12.8. The summed E-state index contributed by atoms with van der Waals surface area (Å²) in [5, 5.41) is 0. The second-order valence-electron chi connectivity index (χ2n) is 9.22. The maximum atomic E-state index is 12.8. The summed E-state index contributed by atoms with van der Waals surface area (Å²) < 4.78 is 11.1. The molecule has 1 aliphatic heterocycles. The number of hydrogen-bond donors (Lipinski definition) is 0. The van der Waals surface area contributed by atoms with Crippen molar-refractivity contribution in [2.45, 2.75) is 71.4 Å². The van der Waals surface area contributed by atoms with Crippen LogP contribution in [0.5, 0.6) is 5.75 Å². The van der Waals surface area contributed by atoms with Crippen molar-refractivity contribution < 1.29 is 14.3 Å². The number of carbonyl (C=O) groups excluding carboxylic acids is 1. The van der Waals surface area contributed by atoms with Gasteiger partial charge in [-0.3, -0.25) is 0 Å². The van der Waals surface area contributed by atoms with Crippen molar-refractivity contribution in [1.82, 2.24) is 4.90 Å². The monoisotopic (exact) mass is 345 g/mol. The Bertz CT molecular complexity index is 689. The SMILES string of the molecule is COc1ccc2c(c1)C[C@@H]1N(C(=O)OC(C)(C)C)CC[C@@]2(C)C1(C)C. The second-order valence-corrected chi connectivity index (χ2v) is 9.22. The summed E-state index contributed by atoms with van der Waals surface area (Å²) in [7, 11) is 1.70. The Balaban J connectivity index is 2.01. The molecule has 1 aliphatic carbocycles. The van der Waals surface area contributed by atoms with Crippen LogP contribution in [0.1, 0.15) is 59.1 Å². The normalized spacial score (nSPS) is 27.5. The average molecular weight is 345 g/mol. The minimum atomic E-state index is -0.474. The summed E-state index contributed by atoms with van der Waals surface area (Å²) >= 11 is 0. The van der Waals surface area contributed by atoms with Gasteiger partial charge in [0.1, 0.15) is 11.4 Å². The van der Waals surface area contributed by atoms with Crippen molar-refractivity contribution in [1.29, 1.82) is 0 Å². The molecule has 1 saturated heterocycles. The van der Waals surface area contributed by atoms with Crippen LogP contribution >= 0.6 is 0 Å². The Morgan fingerprint density at radius 2 is 1.92 bits per heavy atom. The molecule has 4 heteroatoms. The number of ether oxygens (including phenoxy) is 2. The van der Waals surface area contributed by atoms with E-state index in [4.69, 9.17) is 9.47 Å². The smallest absolute Gasteiger partial charge is 0.410 e. The number of rotatable bonds is 1. The lowest BCUT2D eigenvalue weighted by atomic mass is 9.51. The van der Waals surface area contributed by atoms with E-state index < -0.39 is 5.60 Å². The molecule has 0 aromatic heterocycles. The Labute approximate surface area is 151 Å². The lowest BCUT2D eigenvalue weighted by Crippen LogP contribution is -2.65. The minimum Gasteiger partial charge on any atom is -0.497 e. The molecule has 1 amide bonds. The number of piperidine rings is 1. The highest BCUT2D eigenvalue weighted by atomic mass is 16.6. The predicted octanol–water partition coefficient (Wildman–Crippen LogP) is 4.54. The van der Waals surface area contributed by atoms with Gasteiger partial charge in [-0.25, -0.2) is 4.79 Å². The topological polar surface area (TPSA) is 38.8 Å². The molecule has 0 unspecified atom stereocenters. The van der Waals surface area contributed by atoms with Crippen LogP contribution in [0.2, 0.25) is 0 Å². The van der Waals surface area contributed by atoms with Crippen molar-refractivity contribution in [3.63, 3.8) is 0 Å². The summed E-state index contributed by atoms with van der Waals surface area (Å²) in [6.07, 6.45) is 1.59. The molecule has 2 bridgehead atoms. The summed E-state index contributed by atoms with van der Waals surface area (Å²) in [5.74, 6) is 0.879. The van der Waals surface area contributed by atoms with Gasteiger partial charge in [-0.2, -0.15) is 0 Å². The van der Waals surface area contributed by atoms with E-state index in [1.54, 1.807) is 7.11 Å². The van der Waals surface area contributed by atoms with Gasteiger partial charge in [0, 0.05) is 18.0 Å². The minimum absolute atomic E-state index is 0.0241. The molecular weight excluding hydrogens is 314 g/mol. The third-order valence-electron chi connectivity index (χ3n) is 6.43. The zero-order chi connectivity index (χ0) is 18.6. The second kappa shape index (κ2) is 5.65. The van der Waals surface area contributed by atoms with Crippen molar-refractivity contribution in [2.24, 2.45) is 5.41 Å². The fraction of sp³-hybridized carbons (Fsp3) is 0.667. The van der Waals surface area contributed by atoms with E-state index in [0.717, 1.165) is 25.1 Å². The number of carbonyl (C=O) groups is 1. The maximum Gasteiger partial charge on any atom is 0.410 e. The third-order valence-corrected chi connectivity index (χ3v) is 6.43. The number of hydrogen-bond acceptors (Lipinski definition) is 3. The van der Waals surface area contributed by atoms with E-state index in [9.17, 15) is 4.79 Å². The zero-order valence-electron chi connectivity index (χ0n) is 16.6. The Morgan fingerprint density at radius 3 is 2.52 bits per heavy atom. The van der Waals surface area contributed by atoms with E-state index in [0.29, 0.717) is 0 Å². The van der Waals surface area contributed by atoms with Crippen LogP contribution in [0.3, 0.4) is 0 Å².